The molecule has 0 unspecified atom stereocenters. The molecule has 7 rings (SSSR count). The van der Waals surface area contributed by atoms with Crippen LogP contribution in [0.15, 0.2) is 54.1 Å². The van der Waals surface area contributed by atoms with Crippen LogP contribution in [0.2, 0.25) is 0 Å². The van der Waals surface area contributed by atoms with Gasteiger partial charge in [-0.25, -0.2) is 0 Å². The number of carbonyl (C=O) groups excluding carboxylic acids is 4. The lowest BCUT2D eigenvalue weighted by molar-refractivity contribution is -0.138. The predicted molar refractivity (Wildman–Crippen MR) is 162 cm³/mol. The van der Waals surface area contributed by atoms with Crippen molar-refractivity contribution in [2.45, 2.75) is 28.5 Å². The number of carbonyl (C=O) groups is 4. The van der Waals surface area contributed by atoms with Gasteiger partial charge in [0.2, 0.25) is 11.8 Å². The molecule has 44 heavy (non-hydrogen) atoms. The van der Waals surface area contributed by atoms with Crippen LogP contribution in [0.1, 0.15) is 24.3 Å². The number of para-hydroxylation sites is 1. The van der Waals surface area contributed by atoms with E-state index in [1.807, 2.05) is 18.2 Å². The van der Waals surface area contributed by atoms with Gasteiger partial charge < -0.3 is 19.5 Å². The summed E-state index contributed by atoms with van der Waals surface area (Å²) in [5, 5.41) is 11.3. The molecule has 2 aromatic rings. The first kappa shape index (κ1) is 29.1. The molecule has 10 nitrogen and oxygen atoms in total. The Hall–Kier alpha value is -3.60. The molecule has 1 N–H and O–H groups in total. The Morgan fingerprint density at radius 1 is 0.932 bits per heavy atom. The molecule has 12 heteroatoms. The number of hydrogen-bond donors (Lipinski definition) is 1. The maximum atomic E-state index is 14.2. The number of nitrogens with zero attached hydrogens (tertiary/aromatic N) is 3. The second-order valence-electron chi connectivity index (χ2n) is 12.0. The highest BCUT2D eigenvalue weighted by Crippen LogP contribution is 2.66. The van der Waals surface area contributed by atoms with Crippen LogP contribution in [0.3, 0.4) is 0 Å². The number of hydrogen-bond acceptors (Lipinski definition) is 8. The number of benzene rings is 2. The van der Waals surface area contributed by atoms with Gasteiger partial charge >= 0.3 is 0 Å². The third-order valence-electron chi connectivity index (χ3n) is 10.1. The van der Waals surface area contributed by atoms with Crippen LogP contribution in [0.5, 0.6) is 11.5 Å². The Kier molecular flexibility index (Phi) is 6.77. The van der Waals surface area contributed by atoms with E-state index in [1.165, 1.54) is 19.1 Å². The average molecular weight is 641 g/mol. The molecule has 230 valence electrons. The molecule has 0 aromatic heterocycles. The Labute approximate surface area is 264 Å². The van der Waals surface area contributed by atoms with Gasteiger partial charge in [-0.1, -0.05) is 23.8 Å². The largest absolute Gasteiger partial charge is 0.504 e. The van der Waals surface area contributed by atoms with E-state index in [1.54, 1.807) is 30.3 Å². The van der Waals surface area contributed by atoms with Crippen molar-refractivity contribution in [2.75, 3.05) is 50.3 Å². The van der Waals surface area contributed by atoms with E-state index < -0.39 is 51.1 Å². The molecule has 0 bridgehead atoms. The summed E-state index contributed by atoms with van der Waals surface area (Å²) >= 11 is 14.4. The Balaban J connectivity index is 1.30. The first-order valence-corrected chi connectivity index (χ1v) is 15.4. The van der Waals surface area contributed by atoms with Crippen molar-refractivity contribution < 1.29 is 33.8 Å². The van der Waals surface area contributed by atoms with Crippen molar-refractivity contribution in [3.05, 3.63) is 59.7 Å². The number of rotatable bonds is 4. The maximum Gasteiger partial charge on any atom is 0.253 e. The van der Waals surface area contributed by atoms with Gasteiger partial charge in [0.25, 0.3) is 11.8 Å². The number of morpholine rings is 1. The molecule has 5 aliphatic rings. The van der Waals surface area contributed by atoms with Crippen molar-refractivity contribution in [3.8, 4) is 11.5 Å². The molecule has 3 aliphatic heterocycles. The minimum Gasteiger partial charge on any atom is -0.504 e. The summed E-state index contributed by atoms with van der Waals surface area (Å²) in [7, 11) is 2.73. The SMILES string of the molecule is COc1cccc([C@H]2C3=CC[C@@H]4C(=O)N(c5ccc(N6CCOCC6)cc5)C(=O)[C@@H]4[C@@H]3C[C@@]3(Cl)C(=O)N(C)C(=O)[C@@]23Cl)c1O. The summed E-state index contributed by atoms with van der Waals surface area (Å²) in [6.07, 6.45) is 1.94. The summed E-state index contributed by atoms with van der Waals surface area (Å²) in [6, 6.07) is 12.1. The number of ether oxygens (including phenoxy) is 2. The highest BCUT2D eigenvalue weighted by molar-refractivity contribution is 6.53. The number of aromatic hydroxyl groups is 1. The van der Waals surface area contributed by atoms with Crippen molar-refractivity contribution in [1.29, 1.82) is 0 Å². The number of anilines is 2. The van der Waals surface area contributed by atoms with Crippen LogP contribution >= 0.6 is 23.2 Å². The normalized spacial score (nSPS) is 33.3. The highest BCUT2D eigenvalue weighted by Gasteiger charge is 2.76. The van der Waals surface area contributed by atoms with Crippen LogP contribution in [-0.4, -0.2) is 83.8 Å². The van der Waals surface area contributed by atoms with Gasteiger partial charge in [0.05, 0.1) is 37.8 Å². The minimum atomic E-state index is -1.99. The van der Waals surface area contributed by atoms with Gasteiger partial charge in [-0.3, -0.25) is 29.0 Å². The lowest BCUT2D eigenvalue weighted by Gasteiger charge is -2.50. The summed E-state index contributed by atoms with van der Waals surface area (Å²) in [4.78, 5) is 55.9. The standard InChI is InChI=1S/C32H31Cl2N3O7/c1-35-29(41)31(33)16-22-19(25(32(31,34)30(35)42)21-4-3-5-23(43-2)26(21)38)10-11-20-24(22)28(40)37(27(20)39)18-8-6-17(7-9-18)36-12-14-44-15-13-36/h3-10,20,22,24-25,38H,11-16H2,1-2H3/t20-,22+,24-,25+,31+,32-/m0/s1. The van der Waals surface area contributed by atoms with Crippen LogP contribution in [0.25, 0.3) is 0 Å². The molecule has 3 saturated heterocycles. The summed E-state index contributed by atoms with van der Waals surface area (Å²) in [6.45, 7) is 2.78. The van der Waals surface area contributed by atoms with Gasteiger partial charge in [-0.2, -0.15) is 0 Å². The zero-order chi connectivity index (χ0) is 31.1. The van der Waals surface area contributed by atoms with Crippen molar-refractivity contribution in [1.82, 2.24) is 4.90 Å². The number of methoxy groups -OCH3 is 1. The van der Waals surface area contributed by atoms with Crippen molar-refractivity contribution in [3.63, 3.8) is 0 Å². The fourth-order valence-corrected chi connectivity index (χ4v) is 8.93. The Bertz CT molecular complexity index is 1620. The third-order valence-corrected chi connectivity index (χ3v) is 11.5. The summed E-state index contributed by atoms with van der Waals surface area (Å²) < 4.78 is 10.8. The number of fused-ring (bicyclic) bond motifs is 4. The number of halogens is 2. The number of allylic oxidation sites excluding steroid dienone is 2. The number of phenols is 1. The van der Waals surface area contributed by atoms with Gasteiger partial charge in [-0.05, 0) is 49.1 Å². The van der Waals surface area contributed by atoms with E-state index in [9.17, 15) is 24.3 Å². The number of amides is 4. The van der Waals surface area contributed by atoms with Crippen molar-refractivity contribution >= 4 is 58.2 Å². The quantitative estimate of drug-likeness (QED) is 0.307. The number of phenolic OH excluding ortho intramolecular Hbond substituents is 1. The molecule has 2 aliphatic carbocycles. The highest BCUT2D eigenvalue weighted by atomic mass is 35.5. The van der Waals surface area contributed by atoms with Gasteiger partial charge in [-0.15, -0.1) is 23.2 Å². The van der Waals surface area contributed by atoms with E-state index in [-0.39, 0.29) is 35.8 Å². The van der Waals surface area contributed by atoms with Crippen LogP contribution in [-0.2, 0) is 23.9 Å². The zero-order valence-corrected chi connectivity index (χ0v) is 25.7. The monoisotopic (exact) mass is 639 g/mol. The first-order chi connectivity index (χ1) is 21.0. The smallest absolute Gasteiger partial charge is 0.253 e. The molecule has 0 radical (unpaired) electrons. The fraction of sp³-hybridized carbons (Fsp3) is 0.438. The van der Waals surface area contributed by atoms with Crippen molar-refractivity contribution in [2.24, 2.45) is 17.8 Å². The van der Waals surface area contributed by atoms with Gasteiger partial charge in [0.15, 0.2) is 21.2 Å². The number of imide groups is 2. The maximum absolute atomic E-state index is 14.2. The van der Waals surface area contributed by atoms with Gasteiger partial charge in [0.1, 0.15) is 0 Å². The zero-order valence-electron chi connectivity index (χ0n) is 24.2. The second kappa shape index (κ2) is 10.2. The van der Waals surface area contributed by atoms with E-state index >= 15 is 0 Å². The number of alkyl halides is 2. The predicted octanol–water partition coefficient (Wildman–Crippen LogP) is 3.43. The lowest BCUT2D eigenvalue weighted by Crippen LogP contribution is -2.60. The summed E-state index contributed by atoms with van der Waals surface area (Å²) in [5.74, 6) is -5.44. The minimum absolute atomic E-state index is 0.121. The molecule has 4 amide bonds. The Morgan fingerprint density at radius 2 is 1.61 bits per heavy atom. The molecule has 4 fully saturated rings. The third kappa shape index (κ3) is 3.77. The molecule has 3 heterocycles. The van der Waals surface area contributed by atoms with E-state index in [0.717, 1.165) is 23.7 Å². The van der Waals surface area contributed by atoms with E-state index in [0.29, 0.717) is 24.5 Å². The van der Waals surface area contributed by atoms with Crippen LogP contribution in [0, 0.1) is 17.8 Å². The lowest BCUT2D eigenvalue weighted by atomic mass is 9.56. The van der Waals surface area contributed by atoms with Crippen LogP contribution < -0.4 is 14.5 Å². The van der Waals surface area contributed by atoms with Crippen LogP contribution in [0.4, 0.5) is 11.4 Å². The molecular formula is C32H31Cl2N3O7. The van der Waals surface area contributed by atoms with E-state index in [2.05, 4.69) is 4.90 Å². The summed E-state index contributed by atoms with van der Waals surface area (Å²) in [5.41, 5.74) is 2.29. The topological polar surface area (TPSA) is 117 Å². The van der Waals surface area contributed by atoms with E-state index in [4.69, 9.17) is 32.7 Å². The number of likely N-dealkylation sites (tertiary alicyclic amines) is 1. The molecule has 1 saturated carbocycles. The molecule has 6 atom stereocenters. The average Bonchev–Trinajstić information content (AvgIpc) is 3.36. The Morgan fingerprint density at radius 3 is 2.30 bits per heavy atom. The molecule has 2 aromatic carbocycles. The molecule has 0 spiro atoms. The fourth-order valence-electron chi connectivity index (χ4n) is 7.92. The van der Waals surface area contributed by atoms with Gasteiger partial charge in [0, 0.05) is 37.3 Å². The second-order valence-corrected chi connectivity index (χ2v) is 13.3. The molecular weight excluding hydrogens is 609 g/mol. The first-order valence-electron chi connectivity index (χ1n) is 14.6.